The van der Waals surface area contributed by atoms with Crippen molar-refractivity contribution in [2.45, 2.75) is 23.2 Å². The van der Waals surface area contributed by atoms with Gasteiger partial charge in [-0.2, -0.15) is 0 Å². The molecular formula is C19H22FNO4S. The van der Waals surface area contributed by atoms with E-state index in [4.69, 9.17) is 9.47 Å². The van der Waals surface area contributed by atoms with Crippen LogP contribution in [-0.4, -0.2) is 35.3 Å². The van der Waals surface area contributed by atoms with E-state index in [1.807, 2.05) is 24.3 Å². The van der Waals surface area contributed by atoms with E-state index in [0.717, 1.165) is 11.6 Å². The first-order valence-corrected chi connectivity index (χ1v) is 9.92. The van der Waals surface area contributed by atoms with Crippen LogP contribution in [0.4, 0.5) is 4.39 Å². The number of nitrogens with one attached hydrogen (secondary N) is 1. The molecule has 0 spiro atoms. The normalized spacial score (nSPS) is 17.0. The van der Waals surface area contributed by atoms with Crippen LogP contribution in [0.15, 0.2) is 53.4 Å². The van der Waals surface area contributed by atoms with Gasteiger partial charge >= 0.3 is 0 Å². The first-order chi connectivity index (χ1) is 12.5. The Hall–Kier alpha value is -1.96. The molecule has 0 amide bonds. The number of hydrogen-bond donors (Lipinski definition) is 1. The number of methoxy groups -OCH3 is 1. The number of rotatable bonds is 6. The summed E-state index contributed by atoms with van der Waals surface area (Å²) in [5.41, 5.74) is 0.463. The fraction of sp³-hybridized carbons (Fsp3) is 0.368. The summed E-state index contributed by atoms with van der Waals surface area (Å²) < 4.78 is 52.7. The van der Waals surface area contributed by atoms with Crippen LogP contribution in [0.25, 0.3) is 0 Å². The van der Waals surface area contributed by atoms with Crippen molar-refractivity contribution in [3.05, 3.63) is 59.9 Å². The number of hydrogen-bond acceptors (Lipinski definition) is 4. The Bertz CT molecular complexity index is 863. The summed E-state index contributed by atoms with van der Waals surface area (Å²) >= 11 is 0. The summed E-state index contributed by atoms with van der Waals surface area (Å²) in [5, 5.41) is 0. The minimum atomic E-state index is -3.96. The highest BCUT2D eigenvalue weighted by atomic mass is 32.2. The lowest BCUT2D eigenvalue weighted by Crippen LogP contribution is -2.44. The predicted molar refractivity (Wildman–Crippen MR) is 96.3 cm³/mol. The van der Waals surface area contributed by atoms with Crippen LogP contribution in [0.2, 0.25) is 0 Å². The Morgan fingerprint density at radius 1 is 1.12 bits per heavy atom. The molecule has 0 unspecified atom stereocenters. The summed E-state index contributed by atoms with van der Waals surface area (Å²) in [5.74, 6) is -0.0576. The summed E-state index contributed by atoms with van der Waals surface area (Å²) in [6, 6.07) is 12.9. The van der Waals surface area contributed by atoms with Gasteiger partial charge in [0.25, 0.3) is 0 Å². The van der Waals surface area contributed by atoms with E-state index in [1.165, 1.54) is 18.2 Å². The second kappa shape index (κ2) is 7.73. The molecule has 7 heteroatoms. The van der Waals surface area contributed by atoms with Crippen LogP contribution in [0.3, 0.4) is 0 Å². The zero-order chi connectivity index (χ0) is 18.6. The number of para-hydroxylation sites is 1. The molecule has 0 radical (unpaired) electrons. The van der Waals surface area contributed by atoms with Crippen molar-refractivity contribution in [2.24, 2.45) is 0 Å². The van der Waals surface area contributed by atoms with Crippen molar-refractivity contribution in [2.75, 3.05) is 26.9 Å². The highest BCUT2D eigenvalue weighted by molar-refractivity contribution is 7.89. The Morgan fingerprint density at radius 3 is 2.46 bits per heavy atom. The highest BCUT2D eigenvalue weighted by Crippen LogP contribution is 2.39. The van der Waals surface area contributed by atoms with Crippen molar-refractivity contribution in [3.8, 4) is 5.75 Å². The van der Waals surface area contributed by atoms with E-state index in [9.17, 15) is 12.8 Å². The van der Waals surface area contributed by atoms with Gasteiger partial charge in [-0.3, -0.25) is 0 Å². The van der Waals surface area contributed by atoms with Crippen LogP contribution >= 0.6 is 0 Å². The molecular weight excluding hydrogens is 357 g/mol. The van der Waals surface area contributed by atoms with E-state index in [1.54, 1.807) is 7.11 Å². The van der Waals surface area contributed by atoms with E-state index in [0.29, 0.717) is 31.8 Å². The van der Waals surface area contributed by atoms with Gasteiger partial charge in [0.1, 0.15) is 16.5 Å². The Labute approximate surface area is 153 Å². The average molecular weight is 379 g/mol. The van der Waals surface area contributed by atoms with Crippen LogP contribution in [0.5, 0.6) is 5.75 Å². The lowest BCUT2D eigenvalue weighted by Gasteiger charge is -2.38. The lowest BCUT2D eigenvalue weighted by molar-refractivity contribution is 0.0508. The van der Waals surface area contributed by atoms with Crippen molar-refractivity contribution in [1.29, 1.82) is 0 Å². The van der Waals surface area contributed by atoms with Crippen molar-refractivity contribution < 1.29 is 22.3 Å². The van der Waals surface area contributed by atoms with Crippen LogP contribution in [0, 0.1) is 5.82 Å². The third kappa shape index (κ3) is 3.75. The van der Waals surface area contributed by atoms with Crippen LogP contribution in [0.1, 0.15) is 18.4 Å². The third-order valence-corrected chi connectivity index (χ3v) is 6.29. The molecule has 140 valence electrons. The SMILES string of the molecule is COc1ccccc1C1(CNS(=O)(=O)c2ccccc2F)CCOCC1. The summed E-state index contributed by atoms with van der Waals surface area (Å²) in [6.45, 7) is 1.20. The molecule has 0 atom stereocenters. The van der Waals surface area contributed by atoms with Crippen LogP contribution < -0.4 is 9.46 Å². The zero-order valence-corrected chi connectivity index (χ0v) is 15.4. The molecule has 0 saturated carbocycles. The minimum Gasteiger partial charge on any atom is -0.496 e. The lowest BCUT2D eigenvalue weighted by atomic mass is 9.74. The number of ether oxygens (including phenoxy) is 2. The van der Waals surface area contributed by atoms with Gasteiger partial charge in [0.05, 0.1) is 7.11 Å². The first kappa shape index (κ1) is 18.8. The van der Waals surface area contributed by atoms with Crippen LogP contribution in [-0.2, 0) is 20.2 Å². The molecule has 1 N–H and O–H groups in total. The molecule has 1 aliphatic rings. The Kier molecular flexibility index (Phi) is 5.60. The smallest absolute Gasteiger partial charge is 0.243 e. The summed E-state index contributed by atoms with van der Waals surface area (Å²) in [6.07, 6.45) is 1.29. The molecule has 1 aliphatic heterocycles. The molecule has 0 bridgehead atoms. The number of sulfonamides is 1. The molecule has 2 aromatic carbocycles. The zero-order valence-electron chi connectivity index (χ0n) is 14.6. The van der Waals surface area contributed by atoms with Crippen molar-refractivity contribution in [3.63, 3.8) is 0 Å². The van der Waals surface area contributed by atoms with Gasteiger partial charge in [0, 0.05) is 30.7 Å². The highest BCUT2D eigenvalue weighted by Gasteiger charge is 2.38. The Balaban J connectivity index is 1.92. The van der Waals surface area contributed by atoms with E-state index < -0.39 is 21.3 Å². The average Bonchev–Trinajstić information content (AvgIpc) is 2.67. The molecule has 26 heavy (non-hydrogen) atoms. The van der Waals surface area contributed by atoms with Crippen molar-refractivity contribution >= 4 is 10.0 Å². The molecule has 2 aromatic rings. The second-order valence-corrected chi connectivity index (χ2v) is 8.08. The molecule has 1 saturated heterocycles. The van der Waals surface area contributed by atoms with Crippen molar-refractivity contribution in [1.82, 2.24) is 4.72 Å². The maximum absolute atomic E-state index is 13.9. The monoisotopic (exact) mass is 379 g/mol. The maximum Gasteiger partial charge on any atom is 0.243 e. The van der Waals surface area contributed by atoms with E-state index in [-0.39, 0.29) is 11.4 Å². The van der Waals surface area contributed by atoms with E-state index in [2.05, 4.69) is 4.72 Å². The number of benzene rings is 2. The van der Waals surface area contributed by atoms with Gasteiger partial charge in [0.15, 0.2) is 0 Å². The third-order valence-electron chi connectivity index (χ3n) is 4.85. The standard InChI is InChI=1S/C19H22FNO4S/c1-24-17-8-4-2-6-15(17)19(10-12-25-13-11-19)14-21-26(22,23)18-9-5-3-7-16(18)20/h2-9,21H,10-14H2,1H3. The van der Waals surface area contributed by atoms with Gasteiger partial charge < -0.3 is 9.47 Å². The summed E-state index contributed by atoms with van der Waals surface area (Å²) in [7, 11) is -2.37. The summed E-state index contributed by atoms with van der Waals surface area (Å²) in [4.78, 5) is -0.345. The van der Waals surface area contributed by atoms with Gasteiger partial charge in [-0.05, 0) is 31.0 Å². The first-order valence-electron chi connectivity index (χ1n) is 8.44. The van der Waals surface area contributed by atoms with Gasteiger partial charge in [-0.15, -0.1) is 0 Å². The minimum absolute atomic E-state index is 0.146. The van der Waals surface area contributed by atoms with Gasteiger partial charge in [-0.1, -0.05) is 30.3 Å². The quantitative estimate of drug-likeness (QED) is 0.838. The maximum atomic E-state index is 13.9. The van der Waals surface area contributed by atoms with Gasteiger partial charge in [0.2, 0.25) is 10.0 Å². The topological polar surface area (TPSA) is 64.6 Å². The Morgan fingerprint density at radius 2 is 1.77 bits per heavy atom. The molecule has 5 nitrogen and oxygen atoms in total. The molecule has 0 aromatic heterocycles. The predicted octanol–water partition coefficient (Wildman–Crippen LogP) is 2.86. The second-order valence-electron chi connectivity index (χ2n) is 6.35. The molecule has 3 rings (SSSR count). The number of halogens is 1. The van der Waals surface area contributed by atoms with E-state index >= 15 is 0 Å². The largest absolute Gasteiger partial charge is 0.496 e. The molecule has 1 fully saturated rings. The van der Waals surface area contributed by atoms with Gasteiger partial charge in [-0.25, -0.2) is 17.5 Å². The molecule has 1 heterocycles. The fourth-order valence-corrected chi connectivity index (χ4v) is 4.56. The molecule has 0 aliphatic carbocycles. The fourth-order valence-electron chi connectivity index (χ4n) is 3.36.